The minimum absolute atomic E-state index is 0.0740. The first-order chi connectivity index (χ1) is 6.39. The normalized spacial score (nSPS) is 10.9. The molecule has 1 rings (SSSR count). The van der Waals surface area contributed by atoms with Gasteiger partial charge in [0.2, 0.25) is 0 Å². The van der Waals surface area contributed by atoms with Crippen LogP contribution in [0.15, 0.2) is 29.2 Å². The first-order valence-electron chi connectivity index (χ1n) is 3.44. The molecule has 0 aliphatic rings. The quantitative estimate of drug-likeness (QED) is 0.765. The number of anilines is 1. The average Bonchev–Trinajstić information content (AvgIpc) is 2.02. The largest absolute Gasteiger partial charge is 0.465 e. The van der Waals surface area contributed by atoms with Crippen LogP contribution in [0, 0.1) is 0 Å². The van der Waals surface area contributed by atoms with Gasteiger partial charge < -0.3 is 5.11 Å². The zero-order valence-corrected chi connectivity index (χ0v) is 8.34. The Bertz CT molecular complexity index is 439. The fraction of sp³-hybridized carbons (Fsp3) is 0. The van der Waals surface area contributed by atoms with Gasteiger partial charge in [-0.3, -0.25) is 5.32 Å². The number of hydrogen-bond acceptors (Lipinski definition) is 3. The minimum Gasteiger partial charge on any atom is -0.465 e. The highest BCUT2D eigenvalue weighted by Crippen LogP contribution is 2.17. The highest BCUT2D eigenvalue weighted by atomic mass is 35.7. The van der Waals surface area contributed by atoms with Crippen LogP contribution in [0.4, 0.5) is 10.5 Å². The molecule has 0 bridgehead atoms. The molecule has 0 unspecified atom stereocenters. The van der Waals surface area contributed by atoms with Crippen LogP contribution in [-0.2, 0) is 9.05 Å². The van der Waals surface area contributed by atoms with E-state index in [4.69, 9.17) is 15.8 Å². The SMILES string of the molecule is O=C(O)Nc1ccc(S(=O)(=O)Cl)cc1. The van der Waals surface area contributed by atoms with E-state index in [0.29, 0.717) is 0 Å². The van der Waals surface area contributed by atoms with Crippen molar-refractivity contribution in [2.24, 2.45) is 0 Å². The molecule has 0 aliphatic heterocycles. The van der Waals surface area contributed by atoms with Gasteiger partial charge in [-0.15, -0.1) is 0 Å². The monoisotopic (exact) mass is 235 g/mol. The van der Waals surface area contributed by atoms with E-state index in [1.165, 1.54) is 24.3 Å². The van der Waals surface area contributed by atoms with E-state index in [1.807, 2.05) is 0 Å². The fourth-order valence-electron chi connectivity index (χ4n) is 0.824. The molecule has 0 aromatic heterocycles. The molecule has 5 nitrogen and oxygen atoms in total. The predicted octanol–water partition coefficient (Wildman–Crippen LogP) is 1.70. The second-order valence-corrected chi connectivity index (χ2v) is 4.96. The van der Waals surface area contributed by atoms with Crippen molar-refractivity contribution in [3.05, 3.63) is 24.3 Å². The lowest BCUT2D eigenvalue weighted by Crippen LogP contribution is -2.06. The zero-order valence-electron chi connectivity index (χ0n) is 6.77. The van der Waals surface area contributed by atoms with E-state index in [9.17, 15) is 13.2 Å². The number of rotatable bonds is 2. The summed E-state index contributed by atoms with van der Waals surface area (Å²) in [5.74, 6) is 0. The molecule has 76 valence electrons. The summed E-state index contributed by atoms with van der Waals surface area (Å²) < 4.78 is 21.6. The average molecular weight is 236 g/mol. The molecule has 0 fully saturated rings. The van der Waals surface area contributed by atoms with E-state index in [2.05, 4.69) is 5.32 Å². The first-order valence-corrected chi connectivity index (χ1v) is 5.75. The van der Waals surface area contributed by atoms with Crippen LogP contribution in [0.3, 0.4) is 0 Å². The van der Waals surface area contributed by atoms with Crippen molar-refractivity contribution in [3.63, 3.8) is 0 Å². The van der Waals surface area contributed by atoms with Crippen LogP contribution in [0.1, 0.15) is 0 Å². The Morgan fingerprint density at radius 2 is 1.79 bits per heavy atom. The van der Waals surface area contributed by atoms with Gasteiger partial charge in [-0.05, 0) is 24.3 Å². The number of benzene rings is 1. The minimum atomic E-state index is -3.75. The number of hydrogen-bond donors (Lipinski definition) is 2. The van der Waals surface area contributed by atoms with Crippen molar-refractivity contribution < 1.29 is 18.3 Å². The van der Waals surface area contributed by atoms with Crippen molar-refractivity contribution in [3.8, 4) is 0 Å². The number of nitrogens with one attached hydrogen (secondary N) is 1. The van der Waals surface area contributed by atoms with E-state index >= 15 is 0 Å². The number of carbonyl (C=O) groups is 1. The van der Waals surface area contributed by atoms with Crippen LogP contribution in [-0.4, -0.2) is 19.6 Å². The second-order valence-electron chi connectivity index (χ2n) is 2.39. The molecule has 2 N–H and O–H groups in total. The van der Waals surface area contributed by atoms with Crippen LogP contribution in [0.2, 0.25) is 0 Å². The lowest BCUT2D eigenvalue weighted by atomic mass is 10.3. The molecule has 0 spiro atoms. The smallest absolute Gasteiger partial charge is 0.409 e. The Kier molecular flexibility index (Phi) is 2.97. The molecular formula is C7H6ClNO4S. The summed E-state index contributed by atoms with van der Waals surface area (Å²) in [5, 5.41) is 10.4. The molecule has 1 aromatic rings. The summed E-state index contributed by atoms with van der Waals surface area (Å²) in [5.41, 5.74) is 0.279. The summed E-state index contributed by atoms with van der Waals surface area (Å²) in [7, 11) is 1.30. The standard InChI is InChI=1S/C7H6ClNO4S/c8-14(12,13)6-3-1-5(2-4-6)9-7(10)11/h1-4,9H,(H,10,11). The van der Waals surface area contributed by atoms with E-state index in [1.54, 1.807) is 0 Å². The lowest BCUT2D eigenvalue weighted by molar-refractivity contribution is 0.210. The summed E-state index contributed by atoms with van der Waals surface area (Å²) in [6.45, 7) is 0. The highest BCUT2D eigenvalue weighted by molar-refractivity contribution is 8.13. The second kappa shape index (κ2) is 3.85. The molecule has 7 heteroatoms. The van der Waals surface area contributed by atoms with Crippen molar-refractivity contribution >= 4 is 31.5 Å². The first kappa shape index (κ1) is 10.8. The highest BCUT2D eigenvalue weighted by Gasteiger charge is 2.09. The number of halogens is 1. The Hall–Kier alpha value is -1.27. The predicted molar refractivity (Wildman–Crippen MR) is 51.1 cm³/mol. The van der Waals surface area contributed by atoms with Crippen LogP contribution >= 0.6 is 10.7 Å². The van der Waals surface area contributed by atoms with Gasteiger partial charge in [-0.2, -0.15) is 0 Å². The van der Waals surface area contributed by atoms with Gasteiger partial charge in [0.25, 0.3) is 9.05 Å². The maximum atomic E-state index is 10.8. The summed E-state index contributed by atoms with van der Waals surface area (Å²) >= 11 is 0. The lowest BCUT2D eigenvalue weighted by Gasteiger charge is -2.00. The molecule has 0 saturated heterocycles. The van der Waals surface area contributed by atoms with Crippen LogP contribution in [0.25, 0.3) is 0 Å². The zero-order chi connectivity index (χ0) is 10.8. The third-order valence-corrected chi connectivity index (χ3v) is 2.76. The topological polar surface area (TPSA) is 83.5 Å². The van der Waals surface area contributed by atoms with Gasteiger partial charge in [-0.1, -0.05) is 0 Å². The third-order valence-electron chi connectivity index (χ3n) is 1.39. The molecule has 0 heterocycles. The molecule has 1 amide bonds. The van der Waals surface area contributed by atoms with E-state index in [0.717, 1.165) is 0 Å². The van der Waals surface area contributed by atoms with Crippen molar-refractivity contribution in [2.75, 3.05) is 5.32 Å². The Balaban J connectivity index is 2.95. The molecule has 0 atom stereocenters. The van der Waals surface area contributed by atoms with Gasteiger partial charge in [0.1, 0.15) is 0 Å². The fourth-order valence-corrected chi connectivity index (χ4v) is 1.59. The van der Waals surface area contributed by atoms with Crippen LogP contribution in [0.5, 0.6) is 0 Å². The Morgan fingerprint density at radius 1 is 1.29 bits per heavy atom. The van der Waals surface area contributed by atoms with E-state index < -0.39 is 15.1 Å². The molecule has 14 heavy (non-hydrogen) atoms. The Morgan fingerprint density at radius 3 is 2.14 bits per heavy atom. The van der Waals surface area contributed by atoms with Crippen molar-refractivity contribution in [1.82, 2.24) is 0 Å². The molecule has 0 saturated carbocycles. The van der Waals surface area contributed by atoms with Gasteiger partial charge in [0.05, 0.1) is 4.90 Å². The molecule has 1 aromatic carbocycles. The van der Waals surface area contributed by atoms with E-state index in [-0.39, 0.29) is 10.6 Å². The van der Waals surface area contributed by atoms with Crippen LogP contribution < -0.4 is 5.32 Å². The Labute approximate surface area is 84.7 Å². The maximum absolute atomic E-state index is 10.8. The third kappa shape index (κ3) is 2.90. The summed E-state index contributed by atoms with van der Waals surface area (Å²) in [4.78, 5) is 10.1. The molecular weight excluding hydrogens is 230 g/mol. The van der Waals surface area contributed by atoms with Gasteiger partial charge in [-0.25, -0.2) is 13.2 Å². The molecule has 0 radical (unpaired) electrons. The number of carboxylic acid groups (broad SMARTS) is 1. The van der Waals surface area contributed by atoms with Crippen molar-refractivity contribution in [1.29, 1.82) is 0 Å². The summed E-state index contributed by atoms with van der Waals surface area (Å²) in [6.07, 6.45) is -1.22. The van der Waals surface area contributed by atoms with Gasteiger partial charge >= 0.3 is 6.09 Å². The van der Waals surface area contributed by atoms with Gasteiger partial charge in [0, 0.05) is 16.4 Å². The maximum Gasteiger partial charge on any atom is 0.409 e. The molecule has 0 aliphatic carbocycles. The summed E-state index contributed by atoms with van der Waals surface area (Å²) in [6, 6.07) is 5.05. The van der Waals surface area contributed by atoms with Gasteiger partial charge in [0.15, 0.2) is 0 Å². The van der Waals surface area contributed by atoms with Crippen molar-refractivity contribution in [2.45, 2.75) is 4.90 Å². The number of amides is 1.